The first-order valence-corrected chi connectivity index (χ1v) is 18.1. The summed E-state index contributed by atoms with van der Waals surface area (Å²) in [6.45, 7) is 13.7. The van der Waals surface area contributed by atoms with Crippen LogP contribution < -0.4 is 5.73 Å². The fourth-order valence-corrected chi connectivity index (χ4v) is 13.1. The highest BCUT2D eigenvalue weighted by Gasteiger charge is 2.69. The molecule has 0 aromatic rings. The van der Waals surface area contributed by atoms with E-state index in [-0.39, 0.29) is 22.8 Å². The lowest BCUT2D eigenvalue weighted by Crippen LogP contribution is -2.66. The first-order valence-electron chi connectivity index (χ1n) is 18.1. The Hall–Kier alpha value is -1.61. The van der Waals surface area contributed by atoms with E-state index in [1.54, 1.807) is 5.57 Å². The highest BCUT2D eigenvalue weighted by atomic mass is 16.5. The van der Waals surface area contributed by atoms with Crippen molar-refractivity contribution in [1.82, 2.24) is 0 Å². The second-order valence-electron chi connectivity index (χ2n) is 17.5. The smallest absolute Gasteiger partial charge is 0.309 e. The molecule has 0 spiro atoms. The van der Waals surface area contributed by atoms with Crippen LogP contribution in [0, 0.1) is 51.2 Å². The number of allylic oxidation sites excluding steroid dienone is 7. The van der Waals surface area contributed by atoms with Crippen LogP contribution in [0.4, 0.5) is 0 Å². The van der Waals surface area contributed by atoms with Crippen molar-refractivity contribution in [3.8, 4) is 0 Å². The van der Waals surface area contributed by atoms with E-state index < -0.39 is 0 Å². The van der Waals surface area contributed by atoms with Crippen molar-refractivity contribution in [3.63, 3.8) is 0 Å². The molecule has 3 heteroatoms. The van der Waals surface area contributed by atoms with Gasteiger partial charge in [-0.3, -0.25) is 4.79 Å². The molecular formula is C40H59NO2. The number of hydrogen-bond acceptors (Lipinski definition) is 3. The number of carbonyl (C=O) groups is 1. The van der Waals surface area contributed by atoms with Crippen molar-refractivity contribution in [2.75, 3.05) is 6.61 Å². The maximum Gasteiger partial charge on any atom is 0.309 e. The average molecular weight is 586 g/mol. The molecule has 236 valence electrons. The first-order chi connectivity index (χ1) is 20.4. The molecule has 43 heavy (non-hydrogen) atoms. The van der Waals surface area contributed by atoms with E-state index >= 15 is 0 Å². The Labute approximate surface area is 262 Å². The Kier molecular flexibility index (Phi) is 7.32. The summed E-state index contributed by atoms with van der Waals surface area (Å²) in [7, 11) is 0. The van der Waals surface area contributed by atoms with E-state index in [9.17, 15) is 4.79 Å². The van der Waals surface area contributed by atoms with Crippen LogP contribution in [-0.4, -0.2) is 18.1 Å². The van der Waals surface area contributed by atoms with Crippen LogP contribution >= 0.6 is 0 Å². The second kappa shape index (κ2) is 10.5. The standard InChI is InChI=1S/C40H59NO2/c1-36(2)30(28-13-15-29(16-14-28)35(42)43-26-27-10-7-6-8-11-27)19-22-37(3)33(36)20-23-39(5)34(37)18-17-31-32-12-9-21-40(32,41)25-24-38(31,39)4/h6-7,10,13,19,29,31-34H,8-9,11-12,14-18,20-26,41H2,1-5H3/t29?,31?,32?,33?,34?,37?,38-,39?,40?/m1/s1. The van der Waals surface area contributed by atoms with Gasteiger partial charge >= 0.3 is 5.97 Å². The SMILES string of the molecule is CC1(C)C(C2=CCC(C(=O)OCC3=CC=CCC3)CC2)=CCC2(C)C1CCC1(C)C2CCC2C3CCCC3(N)CC[C@]21C. The van der Waals surface area contributed by atoms with E-state index in [4.69, 9.17) is 10.5 Å². The lowest BCUT2D eigenvalue weighted by molar-refractivity contribution is -0.216. The zero-order valence-electron chi connectivity index (χ0n) is 28.0. The molecule has 3 nitrogen and oxygen atoms in total. The van der Waals surface area contributed by atoms with Gasteiger partial charge in [-0.15, -0.1) is 0 Å². The number of rotatable bonds is 4. The number of fused-ring (bicyclic) bond motifs is 7. The van der Waals surface area contributed by atoms with Crippen LogP contribution in [0.2, 0.25) is 0 Å². The van der Waals surface area contributed by atoms with Crippen molar-refractivity contribution < 1.29 is 9.53 Å². The highest BCUT2D eigenvalue weighted by molar-refractivity contribution is 5.73. The Balaban J connectivity index is 1.08. The summed E-state index contributed by atoms with van der Waals surface area (Å²) in [5.74, 6) is 3.08. The molecule has 0 aliphatic heterocycles. The van der Waals surface area contributed by atoms with Gasteiger partial charge in [0.25, 0.3) is 0 Å². The van der Waals surface area contributed by atoms with Crippen LogP contribution in [0.5, 0.6) is 0 Å². The summed E-state index contributed by atoms with van der Waals surface area (Å²) in [5, 5.41) is 0. The van der Waals surface area contributed by atoms with E-state index in [1.807, 2.05) is 0 Å². The second-order valence-corrected chi connectivity index (χ2v) is 17.5. The molecule has 0 saturated heterocycles. The van der Waals surface area contributed by atoms with E-state index in [0.29, 0.717) is 28.8 Å². The lowest BCUT2D eigenvalue weighted by atomic mass is 9.33. The number of carbonyl (C=O) groups excluding carboxylic acids is 1. The van der Waals surface area contributed by atoms with Gasteiger partial charge < -0.3 is 10.5 Å². The third-order valence-electron chi connectivity index (χ3n) is 15.6. The van der Waals surface area contributed by atoms with E-state index in [2.05, 4.69) is 65.0 Å². The monoisotopic (exact) mass is 585 g/mol. The summed E-state index contributed by atoms with van der Waals surface area (Å²) in [6.07, 6.45) is 29.6. The predicted molar refractivity (Wildman–Crippen MR) is 176 cm³/mol. The van der Waals surface area contributed by atoms with Gasteiger partial charge in [0.15, 0.2) is 0 Å². The first kappa shape index (κ1) is 30.1. The minimum atomic E-state index is -0.00179. The zero-order valence-corrected chi connectivity index (χ0v) is 28.0. The third kappa shape index (κ3) is 4.47. The maximum absolute atomic E-state index is 12.9. The van der Waals surface area contributed by atoms with E-state index in [1.165, 1.54) is 75.4 Å². The van der Waals surface area contributed by atoms with Gasteiger partial charge in [-0.1, -0.05) is 71.4 Å². The highest BCUT2D eigenvalue weighted by Crippen LogP contribution is 2.75. The van der Waals surface area contributed by atoms with Crippen LogP contribution in [0.15, 0.2) is 47.1 Å². The quantitative estimate of drug-likeness (QED) is 0.334. The molecule has 0 amide bonds. The fraction of sp³-hybridized carbons (Fsp3) is 0.775. The topological polar surface area (TPSA) is 52.3 Å². The molecule has 0 heterocycles. The van der Waals surface area contributed by atoms with Crippen molar-refractivity contribution in [2.24, 2.45) is 57.0 Å². The average Bonchev–Trinajstić information content (AvgIpc) is 3.38. The van der Waals surface area contributed by atoms with Gasteiger partial charge in [0.05, 0.1) is 5.92 Å². The minimum absolute atomic E-state index is 0.00179. The van der Waals surface area contributed by atoms with Gasteiger partial charge in [0.1, 0.15) is 6.61 Å². The molecule has 0 aromatic carbocycles. The molecule has 9 atom stereocenters. The molecule has 4 fully saturated rings. The summed E-state index contributed by atoms with van der Waals surface area (Å²) in [6, 6.07) is 0. The third-order valence-corrected chi connectivity index (χ3v) is 15.6. The molecule has 7 aliphatic carbocycles. The molecule has 7 aliphatic rings. The van der Waals surface area contributed by atoms with Gasteiger partial charge in [-0.2, -0.15) is 0 Å². The summed E-state index contributed by atoms with van der Waals surface area (Å²) >= 11 is 0. The number of hydrogen-bond donors (Lipinski definition) is 1. The Bertz CT molecular complexity index is 1270. The van der Waals surface area contributed by atoms with Gasteiger partial charge in [0.2, 0.25) is 0 Å². The molecule has 0 aromatic heterocycles. The Morgan fingerprint density at radius 2 is 1.72 bits per heavy atom. The normalized spacial score (nSPS) is 46.7. The molecule has 0 radical (unpaired) electrons. The molecule has 7 rings (SSSR count). The molecule has 8 unspecified atom stereocenters. The molecular weight excluding hydrogens is 526 g/mol. The minimum Gasteiger partial charge on any atom is -0.461 e. The Morgan fingerprint density at radius 3 is 2.47 bits per heavy atom. The largest absolute Gasteiger partial charge is 0.461 e. The van der Waals surface area contributed by atoms with Crippen molar-refractivity contribution >= 4 is 5.97 Å². The summed E-state index contributed by atoms with van der Waals surface area (Å²) < 4.78 is 5.77. The van der Waals surface area contributed by atoms with Crippen LogP contribution in [0.25, 0.3) is 0 Å². The lowest BCUT2D eigenvalue weighted by Gasteiger charge is -2.72. The number of esters is 1. The van der Waals surface area contributed by atoms with Crippen LogP contribution in [0.3, 0.4) is 0 Å². The number of nitrogens with two attached hydrogens (primary N) is 1. The van der Waals surface area contributed by atoms with Crippen molar-refractivity contribution in [2.45, 2.75) is 136 Å². The van der Waals surface area contributed by atoms with Crippen LogP contribution in [-0.2, 0) is 9.53 Å². The van der Waals surface area contributed by atoms with Crippen molar-refractivity contribution in [1.29, 1.82) is 0 Å². The fourth-order valence-electron chi connectivity index (χ4n) is 13.1. The zero-order chi connectivity index (χ0) is 30.3. The summed E-state index contributed by atoms with van der Waals surface area (Å²) in [4.78, 5) is 12.9. The Morgan fingerprint density at radius 1 is 0.884 bits per heavy atom. The van der Waals surface area contributed by atoms with Crippen molar-refractivity contribution in [3.05, 3.63) is 47.1 Å². The van der Waals surface area contributed by atoms with Gasteiger partial charge in [-0.05, 0) is 152 Å². The maximum atomic E-state index is 12.9. The number of ether oxygens (including phenoxy) is 1. The van der Waals surface area contributed by atoms with Gasteiger partial charge in [-0.25, -0.2) is 0 Å². The molecule has 0 bridgehead atoms. The van der Waals surface area contributed by atoms with Crippen LogP contribution in [0.1, 0.15) is 131 Å². The van der Waals surface area contributed by atoms with Gasteiger partial charge in [0, 0.05) is 5.54 Å². The molecule has 4 saturated carbocycles. The predicted octanol–water partition coefficient (Wildman–Crippen LogP) is 9.64. The summed E-state index contributed by atoms with van der Waals surface area (Å²) in [5.41, 5.74) is 13.0. The van der Waals surface area contributed by atoms with E-state index in [0.717, 1.165) is 49.9 Å². The molecule has 2 N–H and O–H groups in total.